The number of fused-ring (bicyclic) bond motifs is 1. The zero-order chi connectivity index (χ0) is 14.3. The van der Waals surface area contributed by atoms with Crippen molar-refractivity contribution in [3.8, 4) is 5.75 Å². The third-order valence-corrected chi connectivity index (χ3v) is 2.85. The molecule has 2 aromatic heterocycles. The lowest BCUT2D eigenvalue weighted by Gasteiger charge is -2.19. The van der Waals surface area contributed by atoms with E-state index in [-0.39, 0.29) is 12.0 Å². The van der Waals surface area contributed by atoms with Crippen LogP contribution in [0.25, 0.3) is 5.65 Å². The first-order chi connectivity index (χ1) is 8.67. The van der Waals surface area contributed by atoms with Gasteiger partial charge in [0.25, 0.3) is 0 Å². The van der Waals surface area contributed by atoms with Crippen molar-refractivity contribution in [3.63, 3.8) is 0 Å². The summed E-state index contributed by atoms with van der Waals surface area (Å²) in [6.07, 6.45) is 3.86. The highest BCUT2D eigenvalue weighted by Crippen LogP contribution is 2.25. The van der Waals surface area contributed by atoms with Gasteiger partial charge in [-0.25, -0.2) is 4.98 Å². The number of nitrogens with zero attached hydrogens (tertiary/aromatic N) is 2. The lowest BCUT2D eigenvalue weighted by molar-refractivity contribution is 0.0285. The van der Waals surface area contributed by atoms with Gasteiger partial charge in [0, 0.05) is 29.6 Å². The second-order valence-electron chi connectivity index (χ2n) is 6.59. The Kier molecular flexibility index (Phi) is 3.31. The van der Waals surface area contributed by atoms with E-state index in [1.54, 1.807) is 13.8 Å². The van der Waals surface area contributed by atoms with Gasteiger partial charge in [-0.3, -0.25) is 0 Å². The van der Waals surface area contributed by atoms with Crippen LogP contribution in [-0.4, -0.2) is 26.7 Å². The van der Waals surface area contributed by atoms with Gasteiger partial charge in [-0.1, -0.05) is 20.8 Å². The summed E-state index contributed by atoms with van der Waals surface area (Å²) in [5.41, 5.74) is 1.24. The van der Waals surface area contributed by atoms with E-state index in [1.807, 2.05) is 24.5 Å². The Hall–Kier alpha value is -1.55. The number of ether oxygens (including phenoxy) is 1. The van der Waals surface area contributed by atoms with Crippen LogP contribution in [0, 0.1) is 0 Å². The van der Waals surface area contributed by atoms with Crippen molar-refractivity contribution >= 4 is 5.65 Å². The topological polar surface area (TPSA) is 46.8 Å². The number of aliphatic hydroxyl groups is 1. The van der Waals surface area contributed by atoms with Gasteiger partial charge in [0.2, 0.25) is 0 Å². The highest BCUT2D eigenvalue weighted by atomic mass is 16.5. The van der Waals surface area contributed by atoms with Crippen molar-refractivity contribution in [2.75, 3.05) is 6.61 Å². The maximum atomic E-state index is 9.66. The fourth-order valence-electron chi connectivity index (χ4n) is 1.87. The van der Waals surface area contributed by atoms with Crippen LogP contribution in [0.1, 0.15) is 40.3 Å². The zero-order valence-electron chi connectivity index (χ0n) is 12.3. The Morgan fingerprint density at radius 1 is 1.26 bits per heavy atom. The molecular weight excluding hydrogens is 240 g/mol. The van der Waals surface area contributed by atoms with Crippen molar-refractivity contribution < 1.29 is 9.84 Å². The molecule has 0 aromatic carbocycles. The number of hydrogen-bond acceptors (Lipinski definition) is 3. The third kappa shape index (κ3) is 3.26. The Bertz CT molecular complexity index is 574. The molecule has 2 aromatic rings. The van der Waals surface area contributed by atoms with Crippen LogP contribution < -0.4 is 4.74 Å². The average Bonchev–Trinajstić information content (AvgIpc) is 2.67. The van der Waals surface area contributed by atoms with E-state index in [0.29, 0.717) is 0 Å². The normalized spacial score (nSPS) is 12.9. The predicted molar refractivity (Wildman–Crippen MR) is 75.7 cm³/mol. The summed E-state index contributed by atoms with van der Waals surface area (Å²) >= 11 is 0. The van der Waals surface area contributed by atoms with Crippen LogP contribution in [0.5, 0.6) is 5.75 Å². The van der Waals surface area contributed by atoms with Crippen LogP contribution in [0.15, 0.2) is 24.5 Å². The molecular formula is C15H22N2O2. The summed E-state index contributed by atoms with van der Waals surface area (Å²) in [6, 6.07) is 3.79. The standard InChI is InChI=1S/C15H22N2O2/c1-14(2,3)12-9-16-13-8-11(6-7-17(12)13)19-10-15(4,5)18/h6-9,18H,10H2,1-5H3. The number of pyridine rings is 1. The smallest absolute Gasteiger partial charge is 0.140 e. The monoisotopic (exact) mass is 262 g/mol. The van der Waals surface area contributed by atoms with Gasteiger partial charge in [-0.05, 0) is 19.9 Å². The zero-order valence-corrected chi connectivity index (χ0v) is 12.3. The molecule has 0 unspecified atom stereocenters. The Morgan fingerprint density at radius 3 is 2.53 bits per heavy atom. The lowest BCUT2D eigenvalue weighted by Crippen LogP contribution is -2.27. The second kappa shape index (κ2) is 4.53. The Morgan fingerprint density at radius 2 is 1.95 bits per heavy atom. The van der Waals surface area contributed by atoms with Crippen molar-refractivity contribution in [3.05, 3.63) is 30.2 Å². The minimum atomic E-state index is -0.835. The molecule has 0 saturated heterocycles. The number of rotatable bonds is 3. The van der Waals surface area contributed by atoms with Gasteiger partial charge in [0.1, 0.15) is 18.0 Å². The maximum Gasteiger partial charge on any atom is 0.140 e. The van der Waals surface area contributed by atoms with E-state index in [1.165, 1.54) is 0 Å². The number of hydrogen-bond donors (Lipinski definition) is 1. The number of imidazole rings is 1. The fraction of sp³-hybridized carbons (Fsp3) is 0.533. The molecule has 0 radical (unpaired) electrons. The van der Waals surface area contributed by atoms with E-state index < -0.39 is 5.60 Å². The van der Waals surface area contributed by atoms with E-state index in [4.69, 9.17) is 4.74 Å². The van der Waals surface area contributed by atoms with Gasteiger partial charge < -0.3 is 14.2 Å². The van der Waals surface area contributed by atoms with Gasteiger partial charge >= 0.3 is 0 Å². The van der Waals surface area contributed by atoms with Gasteiger partial charge in [-0.15, -0.1) is 0 Å². The molecule has 0 saturated carbocycles. The van der Waals surface area contributed by atoms with Gasteiger partial charge in [0.15, 0.2) is 0 Å². The second-order valence-corrected chi connectivity index (χ2v) is 6.59. The summed E-state index contributed by atoms with van der Waals surface area (Å²) in [6.45, 7) is 10.2. The minimum absolute atomic E-state index is 0.0505. The van der Waals surface area contributed by atoms with Crippen molar-refractivity contribution in [1.82, 2.24) is 9.38 Å². The molecule has 0 aliphatic carbocycles. The molecule has 0 bridgehead atoms. The van der Waals surface area contributed by atoms with Crippen LogP contribution >= 0.6 is 0 Å². The summed E-state index contributed by atoms with van der Waals surface area (Å²) in [7, 11) is 0. The molecule has 19 heavy (non-hydrogen) atoms. The summed E-state index contributed by atoms with van der Waals surface area (Å²) in [5.74, 6) is 0.723. The molecule has 2 heterocycles. The summed E-state index contributed by atoms with van der Waals surface area (Å²) in [4.78, 5) is 4.41. The van der Waals surface area contributed by atoms with Crippen molar-refractivity contribution in [1.29, 1.82) is 0 Å². The first-order valence-corrected chi connectivity index (χ1v) is 6.50. The van der Waals surface area contributed by atoms with Crippen LogP contribution in [0.2, 0.25) is 0 Å². The summed E-state index contributed by atoms with van der Waals surface area (Å²) in [5, 5.41) is 9.66. The van der Waals surface area contributed by atoms with E-state index in [0.717, 1.165) is 17.1 Å². The molecule has 0 spiro atoms. The molecule has 2 rings (SSSR count). The largest absolute Gasteiger partial charge is 0.490 e. The minimum Gasteiger partial charge on any atom is -0.490 e. The molecule has 0 amide bonds. The SMILES string of the molecule is CC(C)(O)COc1ccn2c(C(C)(C)C)cnc2c1. The van der Waals surface area contributed by atoms with Crippen LogP contribution in [0.4, 0.5) is 0 Å². The van der Waals surface area contributed by atoms with Crippen LogP contribution in [-0.2, 0) is 5.41 Å². The van der Waals surface area contributed by atoms with E-state index in [2.05, 4.69) is 30.2 Å². The van der Waals surface area contributed by atoms with Crippen LogP contribution in [0.3, 0.4) is 0 Å². The Labute approximate surface area is 114 Å². The van der Waals surface area contributed by atoms with E-state index in [9.17, 15) is 5.11 Å². The van der Waals surface area contributed by atoms with Crippen molar-refractivity contribution in [2.45, 2.75) is 45.6 Å². The lowest BCUT2D eigenvalue weighted by atomic mass is 9.93. The highest BCUT2D eigenvalue weighted by Gasteiger charge is 2.19. The number of aromatic nitrogens is 2. The highest BCUT2D eigenvalue weighted by molar-refractivity contribution is 5.46. The molecule has 1 N–H and O–H groups in total. The fourth-order valence-corrected chi connectivity index (χ4v) is 1.87. The van der Waals surface area contributed by atoms with Gasteiger partial charge in [0.05, 0.1) is 5.60 Å². The van der Waals surface area contributed by atoms with Crippen molar-refractivity contribution in [2.24, 2.45) is 0 Å². The quantitative estimate of drug-likeness (QED) is 0.925. The first kappa shape index (κ1) is 13.9. The first-order valence-electron chi connectivity index (χ1n) is 6.50. The molecule has 0 aliphatic rings. The third-order valence-electron chi connectivity index (χ3n) is 2.85. The van der Waals surface area contributed by atoms with E-state index >= 15 is 0 Å². The predicted octanol–water partition coefficient (Wildman–Crippen LogP) is 2.78. The average molecular weight is 262 g/mol. The maximum absolute atomic E-state index is 9.66. The summed E-state index contributed by atoms with van der Waals surface area (Å²) < 4.78 is 7.64. The molecule has 104 valence electrons. The molecule has 0 fully saturated rings. The molecule has 0 atom stereocenters. The molecule has 0 aliphatic heterocycles. The molecule has 4 heteroatoms. The van der Waals surface area contributed by atoms with Gasteiger partial charge in [-0.2, -0.15) is 0 Å². The molecule has 4 nitrogen and oxygen atoms in total. The Balaban J connectivity index is 2.28.